The number of nitrogens with one attached hydrogen (secondary N) is 2. The average molecular weight is 343 g/mol. The van der Waals surface area contributed by atoms with Crippen molar-refractivity contribution in [3.8, 4) is 0 Å². The number of hydrogen-bond acceptors (Lipinski definition) is 4. The molecule has 7 nitrogen and oxygen atoms in total. The van der Waals surface area contributed by atoms with E-state index in [0.29, 0.717) is 6.54 Å². The van der Waals surface area contributed by atoms with Gasteiger partial charge in [-0.05, 0) is 31.9 Å². The number of benzene rings is 1. The molecule has 0 unspecified atom stereocenters. The molecule has 0 atom stereocenters. The highest BCUT2D eigenvalue weighted by atomic mass is 15.3. The van der Waals surface area contributed by atoms with Gasteiger partial charge in [-0.25, -0.2) is 9.98 Å². The predicted molar refractivity (Wildman–Crippen MR) is 103 cm³/mol. The van der Waals surface area contributed by atoms with Gasteiger partial charge in [0.25, 0.3) is 0 Å². The van der Waals surface area contributed by atoms with Crippen LogP contribution in [0.3, 0.4) is 0 Å². The summed E-state index contributed by atoms with van der Waals surface area (Å²) in [5.41, 5.74) is 1.26. The van der Waals surface area contributed by atoms with Crippen molar-refractivity contribution in [3.63, 3.8) is 0 Å². The van der Waals surface area contributed by atoms with Gasteiger partial charge in [0.2, 0.25) is 0 Å². The van der Waals surface area contributed by atoms with Gasteiger partial charge in [-0.2, -0.15) is 5.10 Å². The zero-order valence-corrected chi connectivity index (χ0v) is 15.4. The van der Waals surface area contributed by atoms with Crippen LogP contribution < -0.4 is 15.5 Å². The number of anilines is 1. The third-order valence-corrected chi connectivity index (χ3v) is 3.94. The van der Waals surface area contributed by atoms with Crippen LogP contribution in [-0.4, -0.2) is 47.4 Å². The fraction of sp³-hybridized carbons (Fsp3) is 0.500. The van der Waals surface area contributed by atoms with E-state index in [1.807, 2.05) is 13.1 Å². The van der Waals surface area contributed by atoms with E-state index in [4.69, 9.17) is 0 Å². The largest absolute Gasteiger partial charge is 0.375 e. The molecule has 2 N–H and O–H groups in total. The van der Waals surface area contributed by atoms with Crippen molar-refractivity contribution in [1.82, 2.24) is 25.4 Å². The van der Waals surface area contributed by atoms with Crippen LogP contribution in [-0.2, 0) is 13.6 Å². The molecule has 0 aliphatic heterocycles. The molecule has 7 heteroatoms. The number of aryl methyl sites for hydroxylation is 1. The second-order valence-electron chi connectivity index (χ2n) is 5.89. The molecule has 0 bridgehead atoms. The number of aliphatic imine (C=N–C) groups is 1. The zero-order chi connectivity index (χ0) is 17.9. The van der Waals surface area contributed by atoms with Gasteiger partial charge in [0, 0.05) is 39.4 Å². The predicted octanol–water partition coefficient (Wildman–Crippen LogP) is 1.79. The van der Waals surface area contributed by atoms with Gasteiger partial charge in [0.15, 0.2) is 5.96 Å². The SMILES string of the molecule is CCNC(=NCc1ncnn1C)NCCCCN(C)c1ccccc1. The maximum atomic E-state index is 4.56. The summed E-state index contributed by atoms with van der Waals surface area (Å²) in [5, 5.41) is 10.7. The fourth-order valence-corrected chi connectivity index (χ4v) is 2.45. The summed E-state index contributed by atoms with van der Waals surface area (Å²) in [7, 11) is 4.01. The van der Waals surface area contributed by atoms with E-state index in [2.05, 4.69) is 68.8 Å². The van der Waals surface area contributed by atoms with Crippen LogP contribution in [0.5, 0.6) is 0 Å². The minimum Gasteiger partial charge on any atom is -0.375 e. The highest BCUT2D eigenvalue weighted by Crippen LogP contribution is 2.11. The fourth-order valence-electron chi connectivity index (χ4n) is 2.45. The lowest BCUT2D eigenvalue weighted by molar-refractivity contribution is 0.678. The summed E-state index contributed by atoms with van der Waals surface area (Å²) in [4.78, 5) is 11.0. The molecule has 2 rings (SSSR count). The Bertz CT molecular complexity index is 636. The van der Waals surface area contributed by atoms with Crippen molar-refractivity contribution in [2.24, 2.45) is 12.0 Å². The lowest BCUT2D eigenvalue weighted by Gasteiger charge is -2.19. The number of nitrogens with zero attached hydrogens (tertiary/aromatic N) is 5. The van der Waals surface area contributed by atoms with E-state index in [1.165, 1.54) is 5.69 Å². The summed E-state index contributed by atoms with van der Waals surface area (Å²) < 4.78 is 1.74. The van der Waals surface area contributed by atoms with Crippen molar-refractivity contribution in [3.05, 3.63) is 42.5 Å². The van der Waals surface area contributed by atoms with Gasteiger partial charge in [0.05, 0.1) is 0 Å². The lowest BCUT2D eigenvalue weighted by Crippen LogP contribution is -2.38. The summed E-state index contributed by atoms with van der Waals surface area (Å²) in [6.45, 7) is 5.35. The van der Waals surface area contributed by atoms with Crippen LogP contribution in [0, 0.1) is 0 Å². The Kier molecular flexibility index (Phi) is 7.75. The molecule has 0 saturated carbocycles. The van der Waals surface area contributed by atoms with Gasteiger partial charge < -0.3 is 15.5 Å². The number of aromatic nitrogens is 3. The van der Waals surface area contributed by atoms with E-state index in [-0.39, 0.29) is 0 Å². The van der Waals surface area contributed by atoms with Crippen LogP contribution in [0.25, 0.3) is 0 Å². The lowest BCUT2D eigenvalue weighted by atomic mass is 10.2. The van der Waals surface area contributed by atoms with E-state index >= 15 is 0 Å². The van der Waals surface area contributed by atoms with Crippen molar-refractivity contribution < 1.29 is 0 Å². The highest BCUT2D eigenvalue weighted by molar-refractivity contribution is 5.79. The van der Waals surface area contributed by atoms with Crippen molar-refractivity contribution in [2.75, 3.05) is 31.6 Å². The first kappa shape index (κ1) is 18.8. The molecule has 1 aromatic carbocycles. The minimum absolute atomic E-state index is 0.516. The molecule has 0 amide bonds. The molecular weight excluding hydrogens is 314 g/mol. The first-order valence-corrected chi connectivity index (χ1v) is 8.82. The summed E-state index contributed by atoms with van der Waals surface area (Å²) in [6.07, 6.45) is 3.76. The monoisotopic (exact) mass is 343 g/mol. The molecule has 136 valence electrons. The summed E-state index contributed by atoms with van der Waals surface area (Å²) in [6, 6.07) is 10.5. The third-order valence-electron chi connectivity index (χ3n) is 3.94. The molecule has 1 aromatic heterocycles. The first-order chi connectivity index (χ1) is 12.2. The molecule has 1 heterocycles. The van der Waals surface area contributed by atoms with Gasteiger partial charge in [0.1, 0.15) is 18.7 Å². The van der Waals surface area contributed by atoms with Crippen LogP contribution in [0.1, 0.15) is 25.6 Å². The number of rotatable bonds is 9. The summed E-state index contributed by atoms with van der Waals surface area (Å²) >= 11 is 0. The molecule has 0 radical (unpaired) electrons. The quantitative estimate of drug-likeness (QED) is 0.413. The number of para-hydroxylation sites is 1. The average Bonchev–Trinajstić information content (AvgIpc) is 3.04. The van der Waals surface area contributed by atoms with E-state index < -0.39 is 0 Å². The topological polar surface area (TPSA) is 70.4 Å². The highest BCUT2D eigenvalue weighted by Gasteiger charge is 2.02. The van der Waals surface area contributed by atoms with Crippen molar-refractivity contribution >= 4 is 11.6 Å². The van der Waals surface area contributed by atoms with Crippen molar-refractivity contribution in [2.45, 2.75) is 26.3 Å². The maximum Gasteiger partial charge on any atom is 0.191 e. The zero-order valence-electron chi connectivity index (χ0n) is 15.4. The molecule has 0 aliphatic carbocycles. The first-order valence-electron chi connectivity index (χ1n) is 8.82. The Hall–Kier alpha value is -2.57. The third kappa shape index (κ3) is 6.45. The Labute approximate surface area is 150 Å². The van der Waals surface area contributed by atoms with Gasteiger partial charge in [-0.3, -0.25) is 4.68 Å². The minimum atomic E-state index is 0.516. The van der Waals surface area contributed by atoms with E-state index in [0.717, 1.165) is 44.3 Å². The molecule has 0 spiro atoms. The number of hydrogen-bond donors (Lipinski definition) is 2. The van der Waals surface area contributed by atoms with Gasteiger partial charge in [-0.15, -0.1) is 0 Å². The molecule has 25 heavy (non-hydrogen) atoms. The van der Waals surface area contributed by atoms with Crippen LogP contribution in [0.4, 0.5) is 5.69 Å². The number of guanidine groups is 1. The molecule has 0 fully saturated rings. The van der Waals surface area contributed by atoms with Gasteiger partial charge >= 0.3 is 0 Å². The van der Waals surface area contributed by atoms with Crippen LogP contribution >= 0.6 is 0 Å². The van der Waals surface area contributed by atoms with Crippen LogP contribution in [0.15, 0.2) is 41.7 Å². The standard InChI is InChI=1S/C18H29N7/c1-4-19-18(21-14-17-22-15-23-25(17)3)20-12-8-9-13-24(2)16-10-6-5-7-11-16/h5-7,10-11,15H,4,8-9,12-14H2,1-3H3,(H2,19,20,21). The van der Waals surface area contributed by atoms with Crippen LogP contribution in [0.2, 0.25) is 0 Å². The van der Waals surface area contributed by atoms with Crippen molar-refractivity contribution in [1.29, 1.82) is 0 Å². The Balaban J connectivity index is 1.69. The maximum absolute atomic E-state index is 4.56. The molecule has 2 aromatic rings. The molecular formula is C18H29N7. The number of unbranched alkanes of at least 4 members (excludes halogenated alkanes) is 1. The Morgan fingerprint density at radius 1 is 1.20 bits per heavy atom. The Morgan fingerprint density at radius 2 is 2.00 bits per heavy atom. The molecule has 0 saturated heterocycles. The van der Waals surface area contributed by atoms with Gasteiger partial charge in [-0.1, -0.05) is 18.2 Å². The van der Waals surface area contributed by atoms with E-state index in [9.17, 15) is 0 Å². The Morgan fingerprint density at radius 3 is 2.68 bits per heavy atom. The smallest absolute Gasteiger partial charge is 0.191 e. The second kappa shape index (κ2) is 10.3. The summed E-state index contributed by atoms with van der Waals surface area (Å²) in [5.74, 6) is 1.67. The normalized spacial score (nSPS) is 11.4. The second-order valence-corrected chi connectivity index (χ2v) is 5.89. The van der Waals surface area contributed by atoms with E-state index in [1.54, 1.807) is 11.0 Å². The molecule has 0 aliphatic rings.